The van der Waals surface area contributed by atoms with E-state index in [0.717, 1.165) is 30.3 Å². The lowest BCUT2D eigenvalue weighted by atomic mass is 10.2. The third kappa shape index (κ3) is 3.98. The Morgan fingerprint density at radius 1 is 1.28 bits per heavy atom. The zero-order valence-corrected chi connectivity index (χ0v) is 14.2. The van der Waals surface area contributed by atoms with E-state index in [9.17, 15) is 23.3 Å². The van der Waals surface area contributed by atoms with E-state index in [1.165, 1.54) is 13.2 Å². The van der Waals surface area contributed by atoms with Crippen molar-refractivity contribution in [2.75, 3.05) is 11.8 Å². The van der Waals surface area contributed by atoms with E-state index >= 15 is 0 Å². The number of benzene rings is 2. The highest BCUT2D eigenvalue weighted by Crippen LogP contribution is 2.30. The molecule has 0 aromatic heterocycles. The highest BCUT2D eigenvalue weighted by atomic mass is 35.5. The fourth-order valence-electron chi connectivity index (χ4n) is 1.95. The second-order valence-electron chi connectivity index (χ2n) is 4.70. The largest absolute Gasteiger partial charge is 0.495 e. The predicted molar refractivity (Wildman–Crippen MR) is 88.9 cm³/mol. The molecule has 9 nitrogen and oxygen atoms in total. The van der Waals surface area contributed by atoms with Crippen molar-refractivity contribution in [3.05, 3.63) is 57.1 Å². The van der Waals surface area contributed by atoms with Crippen molar-refractivity contribution in [2.45, 2.75) is 4.90 Å². The van der Waals surface area contributed by atoms with Crippen LogP contribution in [0.3, 0.4) is 0 Å². The Morgan fingerprint density at radius 2 is 1.96 bits per heavy atom. The van der Waals surface area contributed by atoms with E-state index in [2.05, 4.69) is 4.72 Å². The van der Waals surface area contributed by atoms with Gasteiger partial charge >= 0.3 is 5.97 Å². The van der Waals surface area contributed by atoms with Crippen LogP contribution >= 0.6 is 11.6 Å². The lowest BCUT2D eigenvalue weighted by Gasteiger charge is -2.12. The molecule has 0 saturated carbocycles. The first kappa shape index (κ1) is 18.5. The highest BCUT2D eigenvalue weighted by molar-refractivity contribution is 7.92. The van der Waals surface area contributed by atoms with Crippen LogP contribution in [0.5, 0.6) is 5.75 Å². The Hall–Kier alpha value is -2.85. The van der Waals surface area contributed by atoms with Crippen LogP contribution in [-0.4, -0.2) is 31.5 Å². The third-order valence-corrected chi connectivity index (χ3v) is 4.81. The van der Waals surface area contributed by atoms with Gasteiger partial charge in [0.25, 0.3) is 15.7 Å². The van der Waals surface area contributed by atoms with Crippen molar-refractivity contribution in [1.29, 1.82) is 0 Å². The summed E-state index contributed by atoms with van der Waals surface area (Å²) in [6.07, 6.45) is 0. The van der Waals surface area contributed by atoms with Crippen LogP contribution in [0.2, 0.25) is 5.02 Å². The first-order valence-electron chi connectivity index (χ1n) is 6.54. The van der Waals surface area contributed by atoms with Gasteiger partial charge in [-0.25, -0.2) is 13.2 Å². The molecule has 0 aliphatic rings. The number of sulfonamides is 1. The molecule has 0 amide bonds. The Kier molecular flexibility index (Phi) is 5.14. The quantitative estimate of drug-likeness (QED) is 0.575. The van der Waals surface area contributed by atoms with E-state index in [-0.39, 0.29) is 22.0 Å². The molecule has 2 aromatic rings. The number of aromatic carboxylic acids is 1. The van der Waals surface area contributed by atoms with E-state index in [4.69, 9.17) is 21.4 Å². The number of non-ortho nitro benzene ring substituents is 1. The van der Waals surface area contributed by atoms with E-state index < -0.39 is 31.5 Å². The first-order chi connectivity index (χ1) is 11.7. The molecule has 0 aliphatic carbocycles. The molecule has 2 N–H and O–H groups in total. The minimum atomic E-state index is -4.25. The highest BCUT2D eigenvalue weighted by Gasteiger charge is 2.23. The molecule has 0 fully saturated rings. The zero-order valence-electron chi connectivity index (χ0n) is 12.6. The summed E-state index contributed by atoms with van der Waals surface area (Å²) in [6.45, 7) is 0. The minimum absolute atomic E-state index is 0.0106. The Morgan fingerprint density at radius 3 is 2.48 bits per heavy atom. The summed E-state index contributed by atoms with van der Waals surface area (Å²) in [5, 5.41) is 19.6. The van der Waals surface area contributed by atoms with Crippen molar-refractivity contribution >= 4 is 39.0 Å². The second-order valence-corrected chi connectivity index (χ2v) is 6.76. The van der Waals surface area contributed by atoms with Crippen LogP contribution in [-0.2, 0) is 10.0 Å². The monoisotopic (exact) mass is 386 g/mol. The molecule has 0 atom stereocenters. The molecule has 2 aromatic carbocycles. The number of carbonyl (C=O) groups is 1. The van der Waals surface area contributed by atoms with Crippen molar-refractivity contribution in [1.82, 2.24) is 0 Å². The smallest absolute Gasteiger partial charge is 0.337 e. The van der Waals surface area contributed by atoms with Gasteiger partial charge in [-0.1, -0.05) is 11.6 Å². The molecule has 25 heavy (non-hydrogen) atoms. The number of anilines is 1. The van der Waals surface area contributed by atoms with Crippen LogP contribution in [0.4, 0.5) is 11.4 Å². The van der Waals surface area contributed by atoms with E-state index in [0.29, 0.717) is 0 Å². The van der Waals surface area contributed by atoms with Crippen LogP contribution in [0.15, 0.2) is 41.3 Å². The number of methoxy groups -OCH3 is 1. The summed E-state index contributed by atoms with van der Waals surface area (Å²) >= 11 is 5.79. The molecular formula is C14H11ClN2O7S. The van der Waals surface area contributed by atoms with Crippen molar-refractivity contribution < 1.29 is 28.0 Å². The number of nitro benzene ring substituents is 1. The van der Waals surface area contributed by atoms with E-state index in [1.54, 1.807) is 0 Å². The number of hydrogen-bond acceptors (Lipinski definition) is 6. The number of halogens is 1. The van der Waals surface area contributed by atoms with Crippen molar-refractivity contribution in [3.63, 3.8) is 0 Å². The van der Waals surface area contributed by atoms with Gasteiger partial charge in [-0.2, -0.15) is 0 Å². The molecule has 0 bridgehead atoms. The average molecular weight is 387 g/mol. The molecule has 0 spiro atoms. The maximum absolute atomic E-state index is 12.5. The topological polar surface area (TPSA) is 136 Å². The SMILES string of the molecule is COc1ccc([N+](=O)[O-])cc1S(=O)(=O)Nc1ccc(C(=O)O)c(Cl)c1. The van der Waals surface area contributed by atoms with Gasteiger partial charge in [-0.3, -0.25) is 14.8 Å². The van der Waals surface area contributed by atoms with Crippen LogP contribution in [0, 0.1) is 10.1 Å². The number of carboxylic acids is 1. The predicted octanol–water partition coefficient (Wildman–Crippen LogP) is 2.76. The Labute approximate surface area is 147 Å². The van der Waals surface area contributed by atoms with E-state index in [1.807, 2.05) is 0 Å². The maximum Gasteiger partial charge on any atom is 0.337 e. The minimum Gasteiger partial charge on any atom is -0.495 e. The van der Waals surface area contributed by atoms with Crippen LogP contribution in [0.25, 0.3) is 0 Å². The fraction of sp³-hybridized carbons (Fsp3) is 0.0714. The van der Waals surface area contributed by atoms with Gasteiger partial charge in [0.2, 0.25) is 0 Å². The number of nitro groups is 1. The lowest BCUT2D eigenvalue weighted by Crippen LogP contribution is -2.14. The van der Waals surface area contributed by atoms with Crippen LogP contribution in [0.1, 0.15) is 10.4 Å². The molecule has 11 heteroatoms. The summed E-state index contributed by atoms with van der Waals surface area (Å²) < 4.78 is 32.1. The van der Waals surface area contributed by atoms with Crippen LogP contribution < -0.4 is 9.46 Å². The second kappa shape index (κ2) is 6.95. The molecule has 0 saturated heterocycles. The molecule has 0 aliphatic heterocycles. The number of hydrogen-bond donors (Lipinski definition) is 2. The number of nitrogens with one attached hydrogen (secondary N) is 1. The summed E-state index contributed by atoms with van der Waals surface area (Å²) in [6, 6.07) is 6.58. The van der Waals surface area contributed by atoms with Gasteiger partial charge in [0.05, 0.1) is 28.3 Å². The number of ether oxygens (including phenoxy) is 1. The number of nitrogens with zero attached hydrogens (tertiary/aromatic N) is 1. The maximum atomic E-state index is 12.5. The van der Waals surface area contributed by atoms with Gasteiger partial charge in [0, 0.05) is 12.1 Å². The van der Waals surface area contributed by atoms with Gasteiger partial charge in [0.15, 0.2) is 0 Å². The molecule has 0 heterocycles. The average Bonchev–Trinajstić information content (AvgIpc) is 2.53. The normalized spacial score (nSPS) is 11.0. The molecule has 2 rings (SSSR count). The van der Waals surface area contributed by atoms with Gasteiger partial charge in [0.1, 0.15) is 10.6 Å². The first-order valence-corrected chi connectivity index (χ1v) is 8.40. The summed E-state index contributed by atoms with van der Waals surface area (Å²) in [7, 11) is -3.03. The molecule has 132 valence electrons. The van der Waals surface area contributed by atoms with Gasteiger partial charge in [-0.05, 0) is 24.3 Å². The third-order valence-electron chi connectivity index (χ3n) is 3.10. The lowest BCUT2D eigenvalue weighted by molar-refractivity contribution is -0.385. The number of carboxylic acid groups (broad SMARTS) is 1. The molecular weight excluding hydrogens is 376 g/mol. The Bertz CT molecular complexity index is 960. The van der Waals surface area contributed by atoms with Gasteiger partial charge < -0.3 is 9.84 Å². The fourth-order valence-corrected chi connectivity index (χ4v) is 3.45. The Balaban J connectivity index is 2.46. The summed E-state index contributed by atoms with van der Waals surface area (Å²) in [4.78, 5) is 20.6. The summed E-state index contributed by atoms with van der Waals surface area (Å²) in [5.41, 5.74) is -0.637. The van der Waals surface area contributed by atoms with Crippen molar-refractivity contribution in [2.24, 2.45) is 0 Å². The molecule has 0 radical (unpaired) electrons. The number of rotatable bonds is 6. The standard InChI is InChI=1S/C14H11ClN2O7S/c1-24-12-5-3-9(17(20)21)7-13(12)25(22,23)16-8-2-4-10(14(18)19)11(15)6-8/h2-7,16H,1H3,(H,18,19). The zero-order chi connectivity index (χ0) is 18.8. The van der Waals surface area contributed by atoms with Crippen molar-refractivity contribution in [3.8, 4) is 5.75 Å². The molecule has 0 unspecified atom stereocenters. The van der Waals surface area contributed by atoms with Gasteiger partial charge in [-0.15, -0.1) is 0 Å². The summed E-state index contributed by atoms with van der Waals surface area (Å²) in [5.74, 6) is -1.36.